The van der Waals surface area contributed by atoms with Crippen LogP contribution in [0.25, 0.3) is 0 Å². The van der Waals surface area contributed by atoms with E-state index in [1.54, 1.807) is 45.0 Å². The van der Waals surface area contributed by atoms with E-state index in [1.807, 2.05) is 39.0 Å². The average Bonchev–Trinajstić information content (AvgIpc) is 2.83. The van der Waals surface area contributed by atoms with Gasteiger partial charge in [0.15, 0.2) is 0 Å². The quantitative estimate of drug-likeness (QED) is 0.362. The molecule has 0 aromatic heterocycles. The molecule has 0 spiro atoms. The van der Waals surface area contributed by atoms with Gasteiger partial charge in [0.05, 0.1) is 6.07 Å². The minimum Gasteiger partial charge on any atom is -0.508 e. The van der Waals surface area contributed by atoms with E-state index in [4.69, 9.17) is 4.74 Å². The van der Waals surface area contributed by atoms with Gasteiger partial charge in [0.25, 0.3) is 0 Å². The third-order valence-electron chi connectivity index (χ3n) is 5.92. The maximum atomic E-state index is 14.1. The number of alkyl carbamates (subject to hydrolysis) is 1. The number of rotatable bonds is 11. The minimum absolute atomic E-state index is 0.0503. The van der Waals surface area contributed by atoms with Gasteiger partial charge in [0.2, 0.25) is 11.8 Å². The van der Waals surface area contributed by atoms with Crippen molar-refractivity contribution in [2.75, 3.05) is 6.54 Å². The van der Waals surface area contributed by atoms with E-state index in [-0.39, 0.29) is 24.8 Å². The van der Waals surface area contributed by atoms with Gasteiger partial charge in [0, 0.05) is 12.5 Å². The number of nitriles is 1. The van der Waals surface area contributed by atoms with Crippen LogP contribution in [0.1, 0.15) is 70.2 Å². The van der Waals surface area contributed by atoms with Crippen molar-refractivity contribution in [3.05, 3.63) is 65.2 Å². The second-order valence-corrected chi connectivity index (χ2v) is 10.7. The fraction of sp³-hybridized carbons (Fsp3) is 0.467. The number of nitrogens with zero attached hydrogens (tertiary/aromatic N) is 2. The highest BCUT2D eigenvalue weighted by Gasteiger charge is 2.36. The lowest BCUT2D eigenvalue weighted by atomic mass is 9.98. The maximum absolute atomic E-state index is 14.1. The number of aryl methyl sites for hydroxylation is 1. The zero-order chi connectivity index (χ0) is 29.2. The Morgan fingerprint density at radius 1 is 1.10 bits per heavy atom. The van der Waals surface area contributed by atoms with Gasteiger partial charge in [0.1, 0.15) is 30.0 Å². The summed E-state index contributed by atoms with van der Waals surface area (Å²) in [6.07, 6.45) is 0.868. The van der Waals surface area contributed by atoms with Crippen LogP contribution in [-0.2, 0) is 20.7 Å². The van der Waals surface area contributed by atoms with Crippen LogP contribution >= 0.6 is 0 Å². The highest BCUT2D eigenvalue weighted by molar-refractivity contribution is 5.92. The van der Waals surface area contributed by atoms with Gasteiger partial charge in [-0.2, -0.15) is 5.26 Å². The lowest BCUT2D eigenvalue weighted by Crippen LogP contribution is -2.54. The Bertz CT molecular complexity index is 1170. The van der Waals surface area contributed by atoms with Gasteiger partial charge in [-0.3, -0.25) is 9.59 Å². The predicted molar refractivity (Wildman–Crippen MR) is 149 cm³/mol. The van der Waals surface area contributed by atoms with Crippen molar-refractivity contribution in [1.29, 1.82) is 5.26 Å². The second-order valence-electron chi connectivity index (χ2n) is 10.7. The van der Waals surface area contributed by atoms with E-state index < -0.39 is 35.6 Å². The molecule has 0 radical (unpaired) electrons. The van der Waals surface area contributed by atoms with E-state index in [2.05, 4.69) is 10.6 Å². The average molecular weight is 537 g/mol. The SMILES string of the molecule is CCCC(C)NC(=O)C(c1cccc(C)c1)N(CC#N)C(=O)C(Cc1ccc(O)cc1)NC(=O)OC(C)(C)C. The van der Waals surface area contributed by atoms with Crippen LogP contribution in [0.5, 0.6) is 5.75 Å². The highest BCUT2D eigenvalue weighted by Crippen LogP contribution is 2.25. The van der Waals surface area contributed by atoms with E-state index in [1.165, 1.54) is 17.0 Å². The molecule has 2 rings (SSSR count). The molecule has 210 valence electrons. The van der Waals surface area contributed by atoms with Crippen LogP contribution in [-0.4, -0.2) is 52.1 Å². The summed E-state index contributed by atoms with van der Waals surface area (Å²) in [5.41, 5.74) is 1.30. The minimum atomic E-state index is -1.15. The molecule has 3 unspecified atom stereocenters. The summed E-state index contributed by atoms with van der Waals surface area (Å²) in [5.74, 6) is -0.962. The largest absolute Gasteiger partial charge is 0.508 e. The molecule has 9 nitrogen and oxygen atoms in total. The normalized spacial score (nSPS) is 13.4. The molecule has 0 heterocycles. The number of phenols is 1. The van der Waals surface area contributed by atoms with Crippen LogP contribution in [0.2, 0.25) is 0 Å². The van der Waals surface area contributed by atoms with Crippen molar-refractivity contribution < 1.29 is 24.2 Å². The molecule has 0 saturated carbocycles. The predicted octanol–water partition coefficient (Wildman–Crippen LogP) is 4.53. The molecule has 0 aliphatic rings. The third kappa shape index (κ3) is 9.97. The first-order valence-corrected chi connectivity index (χ1v) is 13.2. The Morgan fingerprint density at radius 3 is 2.33 bits per heavy atom. The van der Waals surface area contributed by atoms with E-state index >= 15 is 0 Å². The Balaban J connectivity index is 2.53. The van der Waals surface area contributed by atoms with Gasteiger partial charge in [-0.05, 0) is 64.3 Å². The smallest absolute Gasteiger partial charge is 0.408 e. The Hall–Kier alpha value is -4.06. The first-order valence-electron chi connectivity index (χ1n) is 13.2. The lowest BCUT2D eigenvalue weighted by molar-refractivity contribution is -0.142. The number of ether oxygens (including phenoxy) is 1. The molecular formula is C30H40N4O5. The fourth-order valence-electron chi connectivity index (χ4n) is 4.23. The molecular weight excluding hydrogens is 496 g/mol. The molecule has 0 fully saturated rings. The first kappa shape index (κ1) is 31.2. The molecule has 0 aliphatic carbocycles. The highest BCUT2D eigenvalue weighted by atomic mass is 16.6. The van der Waals surface area contributed by atoms with Crippen molar-refractivity contribution in [2.45, 2.75) is 84.5 Å². The van der Waals surface area contributed by atoms with Gasteiger partial charge in [-0.15, -0.1) is 0 Å². The monoisotopic (exact) mass is 536 g/mol. The first-order chi connectivity index (χ1) is 18.3. The van der Waals surface area contributed by atoms with Crippen molar-refractivity contribution in [3.8, 4) is 11.8 Å². The lowest BCUT2D eigenvalue weighted by Gasteiger charge is -2.33. The summed E-state index contributed by atoms with van der Waals surface area (Å²) in [6.45, 7) is 10.5. The van der Waals surface area contributed by atoms with Gasteiger partial charge >= 0.3 is 6.09 Å². The maximum Gasteiger partial charge on any atom is 0.408 e. The summed E-state index contributed by atoms with van der Waals surface area (Å²) in [6, 6.07) is 13.1. The molecule has 2 aromatic carbocycles. The number of aromatic hydroxyl groups is 1. The van der Waals surface area contributed by atoms with Gasteiger partial charge < -0.3 is 25.4 Å². The fourth-order valence-corrected chi connectivity index (χ4v) is 4.23. The number of phenolic OH excluding ortho intramolecular Hbond substituents is 1. The molecule has 3 atom stereocenters. The van der Waals surface area contributed by atoms with Gasteiger partial charge in [-0.1, -0.05) is 55.3 Å². The second kappa shape index (κ2) is 14.2. The number of hydrogen-bond acceptors (Lipinski definition) is 6. The Morgan fingerprint density at radius 2 is 1.77 bits per heavy atom. The number of carbonyl (C=O) groups excluding carboxylic acids is 3. The topological polar surface area (TPSA) is 132 Å². The summed E-state index contributed by atoms with van der Waals surface area (Å²) >= 11 is 0. The molecule has 0 saturated heterocycles. The van der Waals surface area contributed by atoms with E-state index in [0.29, 0.717) is 11.1 Å². The Kier molecular flexibility index (Phi) is 11.3. The number of nitrogens with one attached hydrogen (secondary N) is 2. The number of hydrogen-bond donors (Lipinski definition) is 3. The van der Waals surface area contributed by atoms with Crippen molar-refractivity contribution >= 4 is 17.9 Å². The third-order valence-corrected chi connectivity index (χ3v) is 5.92. The molecule has 39 heavy (non-hydrogen) atoms. The van der Waals surface area contributed by atoms with Crippen LogP contribution in [0.3, 0.4) is 0 Å². The number of carbonyl (C=O) groups is 3. The molecule has 3 amide bonds. The summed E-state index contributed by atoms with van der Waals surface area (Å²) < 4.78 is 5.40. The Labute approximate surface area is 231 Å². The number of benzene rings is 2. The molecule has 0 aliphatic heterocycles. The van der Waals surface area contributed by atoms with Crippen molar-refractivity contribution in [2.24, 2.45) is 0 Å². The van der Waals surface area contributed by atoms with Crippen molar-refractivity contribution in [1.82, 2.24) is 15.5 Å². The van der Waals surface area contributed by atoms with E-state index in [9.17, 15) is 24.8 Å². The summed E-state index contributed by atoms with van der Waals surface area (Å²) in [4.78, 5) is 41.7. The summed E-state index contributed by atoms with van der Waals surface area (Å²) in [5, 5.41) is 25.0. The summed E-state index contributed by atoms with van der Waals surface area (Å²) in [7, 11) is 0. The molecule has 9 heteroatoms. The van der Waals surface area contributed by atoms with Gasteiger partial charge in [-0.25, -0.2) is 4.79 Å². The molecule has 3 N–H and O–H groups in total. The van der Waals surface area contributed by atoms with Crippen LogP contribution in [0.4, 0.5) is 4.79 Å². The zero-order valence-electron chi connectivity index (χ0n) is 23.7. The van der Waals surface area contributed by atoms with Crippen molar-refractivity contribution in [3.63, 3.8) is 0 Å². The zero-order valence-corrected chi connectivity index (χ0v) is 23.7. The number of amides is 3. The molecule has 2 aromatic rings. The van der Waals surface area contributed by atoms with Crippen LogP contribution in [0.15, 0.2) is 48.5 Å². The van der Waals surface area contributed by atoms with Crippen LogP contribution < -0.4 is 10.6 Å². The van der Waals surface area contributed by atoms with E-state index in [0.717, 1.165) is 18.4 Å². The van der Waals surface area contributed by atoms with Crippen LogP contribution in [0, 0.1) is 18.3 Å². The molecule has 0 bridgehead atoms. The standard InChI is InChI=1S/C30H40N4O5/c1-7-9-21(3)32-27(36)26(23-11-8-10-20(2)18-23)34(17-16-31)28(37)25(33-29(38)39-30(4,5)6)19-22-12-14-24(35)15-13-22/h8,10-15,18,21,25-26,35H,7,9,17,19H2,1-6H3,(H,32,36)(H,33,38).